The van der Waals surface area contributed by atoms with E-state index in [-0.39, 0.29) is 22.5 Å². The minimum absolute atomic E-state index is 0.0349. The van der Waals surface area contributed by atoms with Crippen molar-refractivity contribution in [1.82, 2.24) is 0 Å². The number of aromatic carboxylic acids is 1. The Morgan fingerprint density at radius 2 is 1.59 bits per heavy atom. The van der Waals surface area contributed by atoms with Crippen molar-refractivity contribution in [3.8, 4) is 23.0 Å². The third-order valence-corrected chi connectivity index (χ3v) is 4.80. The van der Waals surface area contributed by atoms with Crippen LogP contribution in [0.2, 0.25) is 0 Å². The highest BCUT2D eigenvalue weighted by molar-refractivity contribution is 5.99. The second-order valence-corrected chi connectivity index (χ2v) is 8.85. The van der Waals surface area contributed by atoms with Crippen LogP contribution >= 0.6 is 0 Å². The predicted octanol–water partition coefficient (Wildman–Crippen LogP) is 5.26. The molecule has 0 radical (unpaired) electrons. The number of phenols is 1. The van der Waals surface area contributed by atoms with Crippen LogP contribution in [0.15, 0.2) is 30.3 Å². The Bertz CT molecular complexity index is 957. The van der Waals surface area contributed by atoms with Gasteiger partial charge in [0.2, 0.25) is 0 Å². The second kappa shape index (κ2) is 10.9. The average Bonchev–Trinajstić information content (AvgIpc) is 2.71. The fraction of sp³-hybridized carbons (Fsp3) is 0.440. The van der Waals surface area contributed by atoms with Crippen molar-refractivity contribution >= 4 is 11.8 Å². The number of carbonyl (C=O) groups is 2. The molecule has 0 aliphatic carbocycles. The molecule has 0 aliphatic heterocycles. The van der Waals surface area contributed by atoms with Crippen molar-refractivity contribution in [3.63, 3.8) is 0 Å². The van der Waals surface area contributed by atoms with Crippen molar-refractivity contribution in [2.75, 3.05) is 20.3 Å². The number of carbonyl (C=O) groups excluding carboxylic acids is 1. The van der Waals surface area contributed by atoms with Crippen molar-refractivity contribution < 1.29 is 34.0 Å². The number of methoxy groups -OCH3 is 1. The molecule has 2 aromatic rings. The molecule has 7 heteroatoms. The Morgan fingerprint density at radius 3 is 2.19 bits per heavy atom. The second-order valence-electron chi connectivity index (χ2n) is 8.85. The largest absolute Gasteiger partial charge is 0.507 e. The minimum atomic E-state index is -1.05. The van der Waals surface area contributed by atoms with Gasteiger partial charge in [-0.05, 0) is 49.4 Å². The zero-order valence-corrected chi connectivity index (χ0v) is 19.4. The van der Waals surface area contributed by atoms with E-state index in [1.54, 1.807) is 25.1 Å². The summed E-state index contributed by atoms with van der Waals surface area (Å²) in [6.45, 7) is 8.47. The van der Waals surface area contributed by atoms with Gasteiger partial charge in [-0.25, -0.2) is 4.79 Å². The van der Waals surface area contributed by atoms with Gasteiger partial charge in [0, 0.05) is 18.1 Å². The van der Waals surface area contributed by atoms with Gasteiger partial charge in [-0.3, -0.25) is 4.79 Å². The first kappa shape index (κ1) is 25.0. The molecule has 0 saturated heterocycles. The predicted molar refractivity (Wildman–Crippen MR) is 121 cm³/mol. The Balaban J connectivity index is 1.85. The van der Waals surface area contributed by atoms with Gasteiger partial charge in [0.25, 0.3) is 0 Å². The first-order valence-corrected chi connectivity index (χ1v) is 10.6. The van der Waals surface area contributed by atoms with Gasteiger partial charge >= 0.3 is 5.97 Å². The van der Waals surface area contributed by atoms with Crippen LogP contribution in [0.3, 0.4) is 0 Å². The SMILES string of the molecule is COc1cc(OCCCCOc2ccc(C(=O)CC(C)(C)C)c(O)c2C)cc(C(=O)O)c1. The smallest absolute Gasteiger partial charge is 0.335 e. The summed E-state index contributed by atoms with van der Waals surface area (Å²) < 4.78 is 16.5. The van der Waals surface area contributed by atoms with Crippen LogP contribution < -0.4 is 14.2 Å². The van der Waals surface area contributed by atoms with Gasteiger partial charge in [-0.1, -0.05) is 20.8 Å². The molecule has 7 nitrogen and oxygen atoms in total. The number of hydrogen-bond donors (Lipinski definition) is 2. The molecular formula is C25H32O7. The molecule has 0 atom stereocenters. The monoisotopic (exact) mass is 444 g/mol. The number of phenolic OH excluding ortho intramolecular Hbond substituents is 1. The zero-order valence-electron chi connectivity index (χ0n) is 19.4. The fourth-order valence-electron chi connectivity index (χ4n) is 3.11. The third kappa shape index (κ3) is 7.18. The van der Waals surface area contributed by atoms with Gasteiger partial charge in [-0.2, -0.15) is 0 Å². The lowest BCUT2D eigenvalue weighted by Gasteiger charge is -2.18. The Morgan fingerprint density at radius 1 is 0.969 bits per heavy atom. The van der Waals surface area contributed by atoms with Gasteiger partial charge in [-0.15, -0.1) is 0 Å². The zero-order chi connectivity index (χ0) is 23.9. The highest BCUT2D eigenvalue weighted by Crippen LogP contribution is 2.33. The number of unbranched alkanes of at least 4 members (excludes halogenated alkanes) is 1. The molecule has 0 aliphatic rings. The molecule has 0 fully saturated rings. The van der Waals surface area contributed by atoms with Crippen LogP contribution in [-0.4, -0.2) is 42.3 Å². The van der Waals surface area contributed by atoms with E-state index in [1.165, 1.54) is 19.2 Å². The molecule has 0 bridgehead atoms. The number of carboxylic acids is 1. The van der Waals surface area contributed by atoms with Gasteiger partial charge in [0.1, 0.15) is 23.0 Å². The number of ether oxygens (including phenoxy) is 3. The van der Waals surface area contributed by atoms with Gasteiger partial charge in [0.15, 0.2) is 5.78 Å². The van der Waals surface area contributed by atoms with Crippen molar-refractivity contribution in [1.29, 1.82) is 0 Å². The number of hydrogen-bond acceptors (Lipinski definition) is 6. The van der Waals surface area contributed by atoms with Gasteiger partial charge in [0.05, 0.1) is 31.5 Å². The molecule has 32 heavy (non-hydrogen) atoms. The van der Waals surface area contributed by atoms with Crippen LogP contribution in [0.4, 0.5) is 0 Å². The van der Waals surface area contributed by atoms with Crippen LogP contribution in [0.1, 0.15) is 66.3 Å². The lowest BCUT2D eigenvalue weighted by molar-refractivity contribution is 0.0695. The summed E-state index contributed by atoms with van der Waals surface area (Å²) in [4.78, 5) is 23.6. The van der Waals surface area contributed by atoms with E-state index in [1.807, 2.05) is 20.8 Å². The molecule has 0 amide bonds. The quantitative estimate of drug-likeness (QED) is 0.360. The summed E-state index contributed by atoms with van der Waals surface area (Å²) in [5, 5.41) is 19.6. The normalized spacial score (nSPS) is 11.2. The molecule has 2 rings (SSSR count). The summed E-state index contributed by atoms with van der Waals surface area (Å²) in [5.74, 6) is 0.209. The lowest BCUT2D eigenvalue weighted by Crippen LogP contribution is -2.13. The van der Waals surface area contributed by atoms with E-state index in [0.717, 1.165) is 0 Å². The molecule has 2 N–H and O–H groups in total. The summed E-state index contributed by atoms with van der Waals surface area (Å²) in [6.07, 6.45) is 1.73. The number of ketones is 1. The maximum atomic E-state index is 12.4. The first-order valence-electron chi connectivity index (χ1n) is 10.6. The Hall–Kier alpha value is -3.22. The molecule has 174 valence electrons. The molecule has 2 aromatic carbocycles. The summed E-state index contributed by atoms with van der Waals surface area (Å²) in [6, 6.07) is 7.85. The summed E-state index contributed by atoms with van der Waals surface area (Å²) >= 11 is 0. The molecule has 0 heterocycles. The highest BCUT2D eigenvalue weighted by Gasteiger charge is 2.21. The number of Topliss-reactive ketones (excluding diaryl/α,β-unsaturated/α-hetero) is 1. The van der Waals surface area contributed by atoms with Crippen molar-refractivity contribution in [2.24, 2.45) is 5.41 Å². The van der Waals surface area contributed by atoms with Gasteiger partial charge < -0.3 is 24.4 Å². The molecular weight excluding hydrogens is 412 g/mol. The summed E-state index contributed by atoms with van der Waals surface area (Å²) in [5.41, 5.74) is 0.799. The average molecular weight is 445 g/mol. The maximum absolute atomic E-state index is 12.4. The van der Waals surface area contributed by atoms with Crippen molar-refractivity contribution in [2.45, 2.75) is 47.0 Å². The Labute approximate surface area is 188 Å². The van der Waals surface area contributed by atoms with Crippen LogP contribution in [0.5, 0.6) is 23.0 Å². The molecule has 0 saturated carbocycles. The molecule has 0 unspecified atom stereocenters. The lowest BCUT2D eigenvalue weighted by atomic mass is 9.87. The standard InChI is InChI=1S/C25H32O7/c1-16-22(9-8-20(23(16)27)21(26)15-25(2,3)4)32-11-7-6-10-31-19-13-17(24(28)29)12-18(14-19)30-5/h8-9,12-14,27H,6-7,10-11,15H2,1-5H3,(H,28,29). The van der Waals surface area contributed by atoms with Crippen molar-refractivity contribution in [3.05, 3.63) is 47.0 Å². The first-order chi connectivity index (χ1) is 15.0. The topological polar surface area (TPSA) is 102 Å². The molecule has 0 aromatic heterocycles. The third-order valence-electron chi connectivity index (χ3n) is 4.80. The van der Waals surface area contributed by atoms with E-state index in [2.05, 4.69) is 0 Å². The van der Waals surface area contributed by atoms with Crippen LogP contribution in [0, 0.1) is 12.3 Å². The number of carboxylic acid groups (broad SMARTS) is 1. The minimum Gasteiger partial charge on any atom is -0.507 e. The maximum Gasteiger partial charge on any atom is 0.335 e. The summed E-state index contributed by atoms with van der Waals surface area (Å²) in [7, 11) is 1.47. The number of benzene rings is 2. The van der Waals surface area contributed by atoms with E-state index >= 15 is 0 Å². The van der Waals surface area contributed by atoms with E-state index in [9.17, 15) is 14.7 Å². The molecule has 0 spiro atoms. The van der Waals surface area contributed by atoms with E-state index in [4.69, 9.17) is 19.3 Å². The highest BCUT2D eigenvalue weighted by atomic mass is 16.5. The number of rotatable bonds is 11. The van der Waals surface area contributed by atoms with E-state index < -0.39 is 5.97 Å². The van der Waals surface area contributed by atoms with Crippen LogP contribution in [0.25, 0.3) is 0 Å². The van der Waals surface area contributed by atoms with Crippen LogP contribution in [-0.2, 0) is 0 Å². The Kier molecular flexibility index (Phi) is 8.52. The fourth-order valence-corrected chi connectivity index (χ4v) is 3.11. The number of aromatic hydroxyl groups is 1. The van der Waals surface area contributed by atoms with E-state index in [0.29, 0.717) is 60.9 Å².